The number of thioether (sulfide) groups is 1. The van der Waals surface area contributed by atoms with Crippen molar-refractivity contribution in [3.63, 3.8) is 0 Å². The van der Waals surface area contributed by atoms with E-state index in [9.17, 15) is 4.79 Å². The first-order valence-electron chi connectivity index (χ1n) is 9.95. The van der Waals surface area contributed by atoms with Gasteiger partial charge in [0.15, 0.2) is 15.8 Å². The quantitative estimate of drug-likeness (QED) is 0.168. The van der Waals surface area contributed by atoms with Gasteiger partial charge in [-0.25, -0.2) is 0 Å². The van der Waals surface area contributed by atoms with Gasteiger partial charge in [0.1, 0.15) is 6.61 Å². The molecule has 1 saturated heterocycles. The van der Waals surface area contributed by atoms with E-state index < -0.39 is 0 Å². The van der Waals surface area contributed by atoms with Crippen molar-refractivity contribution in [1.82, 2.24) is 0 Å². The summed E-state index contributed by atoms with van der Waals surface area (Å²) in [7, 11) is 1.60. The highest BCUT2D eigenvalue weighted by Crippen LogP contribution is 2.39. The maximum atomic E-state index is 13.1. The standard InChI is InChI=1S/C25H19ClINO3S2/c1-15-4-3-5-19(10-15)28-24(29)22(33-25(28)32)13-17-11-20(27)23(21(12-17)30-2)31-14-16-6-8-18(26)9-7-16/h3-13H,14H2,1-2H3/b22-13-. The zero-order chi connectivity index (χ0) is 23.5. The molecule has 0 bridgehead atoms. The summed E-state index contributed by atoms with van der Waals surface area (Å²) in [6.07, 6.45) is 1.84. The van der Waals surface area contributed by atoms with E-state index in [0.29, 0.717) is 32.4 Å². The molecule has 1 aliphatic heterocycles. The van der Waals surface area contributed by atoms with E-state index in [4.69, 9.17) is 33.3 Å². The van der Waals surface area contributed by atoms with Gasteiger partial charge in [0, 0.05) is 5.02 Å². The summed E-state index contributed by atoms with van der Waals surface area (Å²) < 4.78 is 13.0. The Hall–Kier alpha value is -2.07. The van der Waals surface area contributed by atoms with Crippen LogP contribution in [0.4, 0.5) is 5.69 Å². The number of aryl methyl sites for hydroxylation is 1. The normalized spacial score (nSPS) is 14.8. The molecule has 0 saturated carbocycles. The Kier molecular flexibility index (Phi) is 7.63. The molecular weight excluding hydrogens is 589 g/mol. The fraction of sp³-hybridized carbons (Fsp3) is 0.120. The Labute approximate surface area is 221 Å². The molecule has 0 aromatic heterocycles. The van der Waals surface area contributed by atoms with Gasteiger partial charge in [-0.05, 0) is 88.7 Å². The van der Waals surface area contributed by atoms with Gasteiger partial charge in [0.25, 0.3) is 5.91 Å². The third-order valence-corrected chi connectivity index (χ3v) is 7.25. The molecule has 0 atom stereocenters. The van der Waals surface area contributed by atoms with Crippen LogP contribution in [-0.4, -0.2) is 17.3 Å². The number of halogens is 2. The zero-order valence-electron chi connectivity index (χ0n) is 17.8. The third-order valence-electron chi connectivity index (χ3n) is 4.90. The number of thiocarbonyl (C=S) groups is 1. The molecule has 4 nitrogen and oxygen atoms in total. The molecule has 0 unspecified atom stereocenters. The minimum Gasteiger partial charge on any atom is -0.493 e. The Morgan fingerprint density at radius 2 is 1.91 bits per heavy atom. The number of amides is 1. The number of hydrogen-bond acceptors (Lipinski definition) is 5. The number of ether oxygens (including phenoxy) is 2. The van der Waals surface area contributed by atoms with Gasteiger partial charge in [0.2, 0.25) is 0 Å². The molecule has 168 valence electrons. The highest BCUT2D eigenvalue weighted by molar-refractivity contribution is 14.1. The molecule has 1 aliphatic rings. The van der Waals surface area contributed by atoms with Crippen LogP contribution in [0.1, 0.15) is 16.7 Å². The fourth-order valence-corrected chi connectivity index (χ4v) is 5.51. The van der Waals surface area contributed by atoms with Gasteiger partial charge >= 0.3 is 0 Å². The van der Waals surface area contributed by atoms with Crippen molar-refractivity contribution in [1.29, 1.82) is 0 Å². The zero-order valence-corrected chi connectivity index (χ0v) is 22.3. The molecule has 1 fully saturated rings. The Morgan fingerprint density at radius 3 is 2.61 bits per heavy atom. The maximum absolute atomic E-state index is 13.1. The number of methoxy groups -OCH3 is 1. The molecule has 8 heteroatoms. The Balaban J connectivity index is 1.58. The first-order chi connectivity index (χ1) is 15.9. The van der Waals surface area contributed by atoms with Crippen molar-refractivity contribution in [2.24, 2.45) is 0 Å². The smallest absolute Gasteiger partial charge is 0.270 e. The summed E-state index contributed by atoms with van der Waals surface area (Å²) in [5, 5.41) is 0.683. The van der Waals surface area contributed by atoms with Crippen molar-refractivity contribution in [2.75, 3.05) is 12.0 Å². The van der Waals surface area contributed by atoms with Crippen LogP contribution in [0.5, 0.6) is 11.5 Å². The number of carbonyl (C=O) groups excluding carboxylic acids is 1. The molecular formula is C25H19ClINO3S2. The van der Waals surface area contributed by atoms with Crippen LogP contribution in [0.3, 0.4) is 0 Å². The van der Waals surface area contributed by atoms with Crippen LogP contribution in [0.25, 0.3) is 6.08 Å². The van der Waals surface area contributed by atoms with Gasteiger partial charge in [-0.15, -0.1) is 0 Å². The average Bonchev–Trinajstić information content (AvgIpc) is 3.06. The van der Waals surface area contributed by atoms with E-state index in [-0.39, 0.29) is 5.91 Å². The first kappa shape index (κ1) is 24.1. The van der Waals surface area contributed by atoms with E-state index >= 15 is 0 Å². The molecule has 3 aromatic rings. The van der Waals surface area contributed by atoms with Crippen LogP contribution >= 0.6 is 58.2 Å². The van der Waals surface area contributed by atoms with Crippen molar-refractivity contribution >= 4 is 80.2 Å². The summed E-state index contributed by atoms with van der Waals surface area (Å²) in [6.45, 7) is 2.37. The predicted molar refractivity (Wildman–Crippen MR) is 148 cm³/mol. The van der Waals surface area contributed by atoms with Crippen LogP contribution in [0.15, 0.2) is 65.6 Å². The van der Waals surface area contributed by atoms with Crippen molar-refractivity contribution in [2.45, 2.75) is 13.5 Å². The van der Waals surface area contributed by atoms with Crippen LogP contribution in [0, 0.1) is 10.5 Å². The molecule has 0 aliphatic carbocycles. The summed E-state index contributed by atoms with van der Waals surface area (Å²) in [6, 6.07) is 19.1. The van der Waals surface area contributed by atoms with E-state index in [1.54, 1.807) is 12.0 Å². The fourth-order valence-electron chi connectivity index (χ4n) is 3.31. The lowest BCUT2D eigenvalue weighted by Crippen LogP contribution is -2.27. The van der Waals surface area contributed by atoms with Crippen molar-refractivity contribution in [3.8, 4) is 11.5 Å². The summed E-state index contributed by atoms with van der Waals surface area (Å²) in [5.41, 5.74) is 3.68. The molecule has 3 aromatic carbocycles. The lowest BCUT2D eigenvalue weighted by molar-refractivity contribution is -0.113. The lowest BCUT2D eigenvalue weighted by Gasteiger charge is -2.15. The van der Waals surface area contributed by atoms with Gasteiger partial charge < -0.3 is 9.47 Å². The minimum absolute atomic E-state index is 0.132. The van der Waals surface area contributed by atoms with Gasteiger partial charge in [-0.2, -0.15) is 0 Å². The predicted octanol–water partition coefficient (Wildman–Crippen LogP) is 7.25. The molecule has 1 heterocycles. The van der Waals surface area contributed by atoms with Gasteiger partial charge in [0.05, 0.1) is 21.3 Å². The van der Waals surface area contributed by atoms with Gasteiger partial charge in [-0.3, -0.25) is 9.69 Å². The average molecular weight is 608 g/mol. The lowest BCUT2D eigenvalue weighted by atomic mass is 10.1. The van der Waals surface area contributed by atoms with Crippen LogP contribution < -0.4 is 14.4 Å². The second kappa shape index (κ2) is 10.5. The van der Waals surface area contributed by atoms with Crippen LogP contribution in [-0.2, 0) is 11.4 Å². The second-order valence-corrected chi connectivity index (χ2v) is 10.6. The molecule has 1 amide bonds. The largest absolute Gasteiger partial charge is 0.493 e. The molecule has 0 spiro atoms. The summed E-state index contributed by atoms with van der Waals surface area (Å²) >= 11 is 15.0. The SMILES string of the molecule is COc1cc(/C=C2\SC(=S)N(c3cccc(C)c3)C2=O)cc(I)c1OCc1ccc(Cl)cc1. The number of nitrogens with zero attached hydrogens (tertiary/aromatic N) is 1. The monoisotopic (exact) mass is 607 g/mol. The second-order valence-electron chi connectivity index (χ2n) is 7.31. The molecule has 33 heavy (non-hydrogen) atoms. The van der Waals surface area contributed by atoms with E-state index in [1.165, 1.54) is 11.8 Å². The van der Waals surface area contributed by atoms with Gasteiger partial charge in [-0.1, -0.05) is 59.8 Å². The highest BCUT2D eigenvalue weighted by atomic mass is 127. The van der Waals surface area contributed by atoms with Crippen molar-refractivity contribution < 1.29 is 14.3 Å². The van der Waals surface area contributed by atoms with Crippen LogP contribution in [0.2, 0.25) is 5.02 Å². The number of rotatable bonds is 6. The van der Waals surface area contributed by atoms with E-state index in [1.807, 2.05) is 73.7 Å². The summed E-state index contributed by atoms with van der Waals surface area (Å²) in [5.74, 6) is 1.11. The minimum atomic E-state index is -0.132. The van der Waals surface area contributed by atoms with E-state index in [0.717, 1.165) is 25.9 Å². The highest BCUT2D eigenvalue weighted by Gasteiger charge is 2.33. The maximum Gasteiger partial charge on any atom is 0.270 e. The number of benzene rings is 3. The number of carbonyl (C=O) groups is 1. The molecule has 4 rings (SSSR count). The topological polar surface area (TPSA) is 38.8 Å². The number of hydrogen-bond donors (Lipinski definition) is 0. The summed E-state index contributed by atoms with van der Waals surface area (Å²) in [4.78, 5) is 15.2. The third kappa shape index (κ3) is 5.54. The van der Waals surface area contributed by atoms with E-state index in [2.05, 4.69) is 22.6 Å². The number of anilines is 1. The Morgan fingerprint density at radius 1 is 1.15 bits per heavy atom. The Bertz CT molecular complexity index is 1260. The van der Waals surface area contributed by atoms with Crippen molar-refractivity contribution in [3.05, 3.63) is 90.9 Å². The first-order valence-corrected chi connectivity index (χ1v) is 12.6. The molecule has 0 radical (unpaired) electrons. The molecule has 0 N–H and O–H groups in total.